The molecule has 0 bridgehead atoms. The number of aromatic nitrogens is 1. The van der Waals surface area contributed by atoms with Crippen LogP contribution in [0.25, 0.3) is 0 Å². The number of thioether (sulfide) groups is 1. The molecule has 158 valence electrons. The summed E-state index contributed by atoms with van der Waals surface area (Å²) in [5.74, 6) is 1.23. The van der Waals surface area contributed by atoms with Gasteiger partial charge in [-0.25, -0.2) is 0 Å². The van der Waals surface area contributed by atoms with E-state index in [1.807, 2.05) is 18.2 Å². The highest BCUT2D eigenvalue weighted by Crippen LogP contribution is 2.29. The number of carbonyl (C=O) groups excluding carboxylic acids is 2. The Bertz CT molecular complexity index is 1070. The molecular formula is C24H24N4O2S. The first-order chi connectivity index (χ1) is 15.1. The van der Waals surface area contributed by atoms with Gasteiger partial charge in [-0.2, -0.15) is 11.8 Å². The molecule has 0 saturated heterocycles. The number of nitrogens with zero attached hydrogens (tertiary/aromatic N) is 1. The lowest BCUT2D eigenvalue weighted by Gasteiger charge is -2.27. The molecule has 3 N–H and O–H groups in total. The normalized spacial score (nSPS) is 14.9. The third kappa shape index (κ3) is 5.44. The van der Waals surface area contributed by atoms with Gasteiger partial charge in [0.05, 0.1) is 11.4 Å². The van der Waals surface area contributed by atoms with E-state index >= 15 is 0 Å². The fourth-order valence-electron chi connectivity index (χ4n) is 3.27. The van der Waals surface area contributed by atoms with Crippen LogP contribution in [0.1, 0.15) is 27.0 Å². The Morgan fingerprint density at radius 1 is 1.10 bits per heavy atom. The van der Waals surface area contributed by atoms with E-state index in [2.05, 4.69) is 52.1 Å². The van der Waals surface area contributed by atoms with E-state index in [-0.39, 0.29) is 17.9 Å². The molecule has 2 amide bonds. The predicted molar refractivity (Wildman–Crippen MR) is 125 cm³/mol. The summed E-state index contributed by atoms with van der Waals surface area (Å²) in [6, 6.07) is 17.2. The zero-order chi connectivity index (χ0) is 21.6. The summed E-state index contributed by atoms with van der Waals surface area (Å²) in [6.07, 6.45) is 3.41. The van der Waals surface area contributed by atoms with Crippen LogP contribution in [-0.4, -0.2) is 28.6 Å². The summed E-state index contributed by atoms with van der Waals surface area (Å²) < 4.78 is 0. The number of fused-ring (bicyclic) bond motifs is 1. The Hall–Kier alpha value is -3.32. The number of pyridine rings is 1. The zero-order valence-corrected chi connectivity index (χ0v) is 18.0. The quantitative estimate of drug-likeness (QED) is 0.526. The van der Waals surface area contributed by atoms with E-state index in [1.165, 1.54) is 11.1 Å². The van der Waals surface area contributed by atoms with Crippen molar-refractivity contribution in [3.63, 3.8) is 0 Å². The molecule has 1 aliphatic rings. The molecular weight excluding hydrogens is 408 g/mol. The van der Waals surface area contributed by atoms with Crippen LogP contribution in [0.3, 0.4) is 0 Å². The number of amides is 2. The van der Waals surface area contributed by atoms with Gasteiger partial charge < -0.3 is 16.0 Å². The number of aryl methyl sites for hydroxylation is 1. The third-order valence-electron chi connectivity index (χ3n) is 5.04. The maximum Gasteiger partial charge on any atom is 0.251 e. The Morgan fingerprint density at radius 2 is 1.94 bits per heavy atom. The monoisotopic (exact) mass is 432 g/mol. The minimum absolute atomic E-state index is 0.0863. The van der Waals surface area contributed by atoms with Gasteiger partial charge in [0.2, 0.25) is 5.91 Å². The molecule has 1 atom stereocenters. The number of hydrogen-bond donors (Lipinski definition) is 3. The lowest BCUT2D eigenvalue weighted by molar-refractivity contribution is -0.116. The number of anilines is 2. The lowest BCUT2D eigenvalue weighted by Crippen LogP contribution is -2.40. The highest BCUT2D eigenvalue weighted by atomic mass is 32.2. The number of benzene rings is 2. The van der Waals surface area contributed by atoms with Gasteiger partial charge in [-0.3, -0.25) is 14.6 Å². The molecule has 0 saturated carbocycles. The van der Waals surface area contributed by atoms with Crippen LogP contribution >= 0.6 is 11.8 Å². The van der Waals surface area contributed by atoms with Crippen molar-refractivity contribution in [2.75, 3.05) is 16.4 Å². The second-order valence-electron chi connectivity index (χ2n) is 7.49. The van der Waals surface area contributed by atoms with Gasteiger partial charge in [-0.1, -0.05) is 35.9 Å². The highest BCUT2D eigenvalue weighted by molar-refractivity contribution is 7.98. The van der Waals surface area contributed by atoms with Crippen molar-refractivity contribution < 1.29 is 9.59 Å². The van der Waals surface area contributed by atoms with Gasteiger partial charge in [0.15, 0.2) is 0 Å². The van der Waals surface area contributed by atoms with Crippen LogP contribution in [0.4, 0.5) is 11.4 Å². The van der Waals surface area contributed by atoms with E-state index < -0.39 is 0 Å². The third-order valence-corrected chi connectivity index (χ3v) is 6.14. The average molecular weight is 433 g/mol. The molecule has 1 unspecified atom stereocenters. The van der Waals surface area contributed by atoms with Crippen LogP contribution in [0.5, 0.6) is 0 Å². The molecule has 0 radical (unpaired) electrons. The Morgan fingerprint density at radius 3 is 2.71 bits per heavy atom. The molecule has 6 nitrogen and oxygen atoms in total. The Labute approximate surface area is 185 Å². The van der Waals surface area contributed by atoms with Crippen LogP contribution in [0.2, 0.25) is 0 Å². The first-order valence-electron chi connectivity index (χ1n) is 10.1. The van der Waals surface area contributed by atoms with Crippen LogP contribution < -0.4 is 16.0 Å². The van der Waals surface area contributed by atoms with Gasteiger partial charge in [0, 0.05) is 36.0 Å². The van der Waals surface area contributed by atoms with E-state index in [4.69, 9.17) is 0 Å². The maximum atomic E-state index is 12.5. The first-order valence-corrected chi connectivity index (χ1v) is 11.3. The molecule has 3 aromatic rings. The Balaban J connectivity index is 1.33. The van der Waals surface area contributed by atoms with Crippen LogP contribution in [-0.2, 0) is 17.1 Å². The second kappa shape index (κ2) is 9.66. The van der Waals surface area contributed by atoms with Gasteiger partial charge >= 0.3 is 0 Å². The summed E-state index contributed by atoms with van der Waals surface area (Å²) in [7, 11) is 0. The SMILES string of the molecule is Cc1ccc(CSCC2Nc3ccc(C(=O)NCc4cccnc4)cc3NC2=O)cc1. The lowest BCUT2D eigenvalue weighted by atomic mass is 10.1. The minimum Gasteiger partial charge on any atom is -0.371 e. The second-order valence-corrected chi connectivity index (χ2v) is 8.52. The van der Waals surface area contributed by atoms with Crippen molar-refractivity contribution >= 4 is 35.0 Å². The number of nitrogens with one attached hydrogen (secondary N) is 3. The molecule has 31 heavy (non-hydrogen) atoms. The van der Waals surface area contributed by atoms with E-state index in [0.29, 0.717) is 23.5 Å². The summed E-state index contributed by atoms with van der Waals surface area (Å²) in [5, 5.41) is 9.10. The van der Waals surface area contributed by atoms with Crippen molar-refractivity contribution in [1.82, 2.24) is 10.3 Å². The minimum atomic E-state index is -0.312. The van der Waals surface area contributed by atoms with Crippen molar-refractivity contribution in [3.05, 3.63) is 89.2 Å². The zero-order valence-electron chi connectivity index (χ0n) is 17.2. The van der Waals surface area contributed by atoms with E-state index in [9.17, 15) is 9.59 Å². The van der Waals surface area contributed by atoms with Gasteiger partial charge in [0.25, 0.3) is 5.91 Å². The summed E-state index contributed by atoms with van der Waals surface area (Å²) >= 11 is 1.72. The fourth-order valence-corrected chi connectivity index (χ4v) is 4.29. The van der Waals surface area contributed by atoms with Gasteiger partial charge in [-0.15, -0.1) is 0 Å². The molecule has 2 aromatic carbocycles. The smallest absolute Gasteiger partial charge is 0.251 e. The van der Waals surface area contributed by atoms with Crippen molar-refractivity contribution in [3.8, 4) is 0 Å². The summed E-state index contributed by atoms with van der Waals surface area (Å²) in [6.45, 7) is 2.47. The predicted octanol–water partition coefficient (Wildman–Crippen LogP) is 3.99. The number of carbonyl (C=O) groups is 2. The van der Waals surface area contributed by atoms with Gasteiger partial charge in [-0.05, 0) is 42.3 Å². The standard InChI is InChI=1S/C24H24N4O2S/c1-16-4-6-17(7-5-16)14-31-15-22-24(30)28-21-11-19(8-9-20(21)27-22)23(29)26-13-18-3-2-10-25-12-18/h2-12,22,27H,13-15H2,1H3,(H,26,29)(H,28,30). The van der Waals surface area contributed by atoms with Crippen molar-refractivity contribution in [1.29, 1.82) is 0 Å². The maximum absolute atomic E-state index is 12.5. The topological polar surface area (TPSA) is 83.1 Å². The fraction of sp³-hybridized carbons (Fsp3) is 0.208. The molecule has 0 aliphatic carbocycles. The van der Waals surface area contributed by atoms with E-state index in [0.717, 1.165) is 17.0 Å². The number of hydrogen-bond acceptors (Lipinski definition) is 5. The summed E-state index contributed by atoms with van der Waals surface area (Å²) in [5.41, 5.74) is 5.35. The molecule has 7 heteroatoms. The first kappa shape index (κ1) is 20.9. The Kier molecular flexibility index (Phi) is 6.52. The molecule has 0 fully saturated rings. The summed E-state index contributed by atoms with van der Waals surface area (Å²) in [4.78, 5) is 29.1. The van der Waals surface area contributed by atoms with Crippen molar-refractivity contribution in [2.24, 2.45) is 0 Å². The number of rotatable bonds is 7. The molecule has 1 aliphatic heterocycles. The molecule has 2 heterocycles. The van der Waals surface area contributed by atoms with E-state index in [1.54, 1.807) is 36.3 Å². The average Bonchev–Trinajstić information content (AvgIpc) is 2.79. The molecule has 0 spiro atoms. The van der Waals surface area contributed by atoms with Gasteiger partial charge in [0.1, 0.15) is 6.04 Å². The molecule has 1 aromatic heterocycles. The largest absolute Gasteiger partial charge is 0.371 e. The van der Waals surface area contributed by atoms with Crippen LogP contribution in [0, 0.1) is 6.92 Å². The van der Waals surface area contributed by atoms with Crippen molar-refractivity contribution in [2.45, 2.75) is 25.3 Å². The van der Waals surface area contributed by atoms with Crippen LogP contribution in [0.15, 0.2) is 67.0 Å². The highest BCUT2D eigenvalue weighted by Gasteiger charge is 2.26. The molecule has 4 rings (SSSR count).